The number of rotatable bonds is 5. The Morgan fingerprint density at radius 3 is 2.65 bits per heavy atom. The van der Waals surface area contributed by atoms with E-state index in [1.165, 1.54) is 11.1 Å². The first kappa shape index (κ1) is 13.2. The maximum atomic E-state index is 5.76. The molecule has 3 rings (SSSR count). The lowest BCUT2D eigenvalue weighted by molar-refractivity contribution is 0.318. The number of benzene rings is 2. The summed E-state index contributed by atoms with van der Waals surface area (Å²) in [6, 6.07) is 19.5. The molecule has 2 nitrogen and oxygen atoms in total. The molecule has 20 heavy (non-hydrogen) atoms. The molecule has 2 aromatic rings. The van der Waals surface area contributed by atoms with Gasteiger partial charge in [0.15, 0.2) is 0 Å². The molecule has 0 spiro atoms. The number of fused-ring (bicyclic) bond motifs is 1. The zero-order valence-electron chi connectivity index (χ0n) is 11.9. The molecular formula is C18H21NO. The molecule has 2 atom stereocenters. The molecule has 0 saturated heterocycles. The van der Waals surface area contributed by atoms with Gasteiger partial charge in [-0.05, 0) is 31.5 Å². The normalized spacial score (nSPS) is 18.4. The highest BCUT2D eigenvalue weighted by Crippen LogP contribution is 2.37. The van der Waals surface area contributed by atoms with Gasteiger partial charge in [-0.3, -0.25) is 0 Å². The van der Waals surface area contributed by atoms with Crippen molar-refractivity contribution >= 4 is 0 Å². The largest absolute Gasteiger partial charge is 0.493 e. The van der Waals surface area contributed by atoms with Crippen LogP contribution in [0.25, 0.3) is 0 Å². The third kappa shape index (κ3) is 2.70. The number of hydrogen-bond acceptors (Lipinski definition) is 2. The Hall–Kier alpha value is -1.80. The molecule has 0 aliphatic carbocycles. The van der Waals surface area contributed by atoms with Crippen molar-refractivity contribution in [2.45, 2.75) is 24.8 Å². The van der Waals surface area contributed by atoms with E-state index in [-0.39, 0.29) is 0 Å². The minimum Gasteiger partial charge on any atom is -0.493 e. The van der Waals surface area contributed by atoms with E-state index in [1.54, 1.807) is 0 Å². The van der Waals surface area contributed by atoms with Gasteiger partial charge in [0.2, 0.25) is 0 Å². The van der Waals surface area contributed by atoms with Gasteiger partial charge in [0.05, 0.1) is 6.61 Å². The van der Waals surface area contributed by atoms with Crippen LogP contribution in [0.1, 0.15) is 35.9 Å². The summed E-state index contributed by atoms with van der Waals surface area (Å²) in [5.41, 5.74) is 2.73. The molecular weight excluding hydrogens is 246 g/mol. The van der Waals surface area contributed by atoms with Gasteiger partial charge in [0.25, 0.3) is 0 Å². The fraction of sp³-hybridized carbons (Fsp3) is 0.333. The first-order chi connectivity index (χ1) is 9.88. The van der Waals surface area contributed by atoms with Crippen molar-refractivity contribution in [2.24, 2.45) is 0 Å². The van der Waals surface area contributed by atoms with Gasteiger partial charge in [0.1, 0.15) is 5.75 Å². The highest BCUT2D eigenvalue weighted by molar-refractivity contribution is 5.39. The van der Waals surface area contributed by atoms with E-state index in [4.69, 9.17) is 4.74 Å². The summed E-state index contributed by atoms with van der Waals surface area (Å²) in [7, 11) is 2.04. The molecule has 0 aromatic heterocycles. The second-order valence-corrected chi connectivity index (χ2v) is 5.38. The van der Waals surface area contributed by atoms with Crippen molar-refractivity contribution in [1.82, 2.24) is 5.32 Å². The van der Waals surface area contributed by atoms with Crippen LogP contribution in [-0.4, -0.2) is 13.7 Å². The van der Waals surface area contributed by atoms with E-state index < -0.39 is 0 Å². The molecule has 2 heteroatoms. The third-order valence-electron chi connectivity index (χ3n) is 4.15. The Bertz CT molecular complexity index is 550. The summed E-state index contributed by atoms with van der Waals surface area (Å²) in [6.07, 6.45) is 2.28. The van der Waals surface area contributed by atoms with Crippen LogP contribution >= 0.6 is 0 Å². The average molecular weight is 267 g/mol. The van der Waals surface area contributed by atoms with Gasteiger partial charge in [0, 0.05) is 17.5 Å². The van der Waals surface area contributed by atoms with Crippen molar-refractivity contribution < 1.29 is 4.74 Å². The van der Waals surface area contributed by atoms with E-state index in [2.05, 4.69) is 53.8 Å². The van der Waals surface area contributed by atoms with Crippen molar-refractivity contribution in [1.29, 1.82) is 0 Å². The molecule has 2 unspecified atom stereocenters. The van der Waals surface area contributed by atoms with Gasteiger partial charge in [-0.2, -0.15) is 0 Å². The summed E-state index contributed by atoms with van der Waals surface area (Å²) >= 11 is 0. The van der Waals surface area contributed by atoms with E-state index in [9.17, 15) is 0 Å². The van der Waals surface area contributed by atoms with Crippen LogP contribution in [0, 0.1) is 0 Å². The van der Waals surface area contributed by atoms with Gasteiger partial charge in [-0.1, -0.05) is 48.5 Å². The summed E-state index contributed by atoms with van der Waals surface area (Å²) in [5.74, 6) is 1.60. The van der Waals surface area contributed by atoms with Crippen molar-refractivity contribution in [2.75, 3.05) is 13.7 Å². The Morgan fingerprint density at radius 1 is 1.10 bits per heavy atom. The fourth-order valence-electron chi connectivity index (χ4n) is 3.00. The molecule has 1 N–H and O–H groups in total. The average Bonchev–Trinajstić information content (AvgIpc) is 2.92. The molecule has 0 radical (unpaired) electrons. The van der Waals surface area contributed by atoms with Crippen molar-refractivity contribution in [3.8, 4) is 5.75 Å². The quantitative estimate of drug-likeness (QED) is 0.887. The van der Waals surface area contributed by atoms with Crippen molar-refractivity contribution in [3.63, 3.8) is 0 Å². The first-order valence-corrected chi connectivity index (χ1v) is 7.32. The van der Waals surface area contributed by atoms with Crippen LogP contribution in [0.5, 0.6) is 5.75 Å². The lowest BCUT2D eigenvalue weighted by Crippen LogP contribution is -2.17. The Balaban J connectivity index is 1.65. The predicted octanol–water partition coefficient (Wildman–Crippen LogP) is 3.90. The Kier molecular flexibility index (Phi) is 4.03. The minimum atomic E-state index is 0.420. The monoisotopic (exact) mass is 267 g/mol. The fourth-order valence-corrected chi connectivity index (χ4v) is 3.00. The minimum absolute atomic E-state index is 0.420. The number of para-hydroxylation sites is 1. The van der Waals surface area contributed by atoms with Crippen LogP contribution in [-0.2, 0) is 0 Å². The highest BCUT2D eigenvalue weighted by atomic mass is 16.5. The van der Waals surface area contributed by atoms with Crippen LogP contribution < -0.4 is 10.1 Å². The van der Waals surface area contributed by atoms with Gasteiger partial charge >= 0.3 is 0 Å². The lowest BCUT2D eigenvalue weighted by Gasteiger charge is -2.18. The molecule has 1 heterocycles. The maximum Gasteiger partial charge on any atom is 0.122 e. The zero-order valence-corrected chi connectivity index (χ0v) is 11.9. The molecule has 2 aromatic carbocycles. The van der Waals surface area contributed by atoms with Crippen LogP contribution in [0.3, 0.4) is 0 Å². The van der Waals surface area contributed by atoms with Crippen LogP contribution in [0.4, 0.5) is 0 Å². The van der Waals surface area contributed by atoms with Crippen molar-refractivity contribution in [3.05, 3.63) is 65.7 Å². The number of hydrogen-bond donors (Lipinski definition) is 1. The highest BCUT2D eigenvalue weighted by Gasteiger charge is 2.24. The molecule has 0 bridgehead atoms. The Morgan fingerprint density at radius 2 is 1.85 bits per heavy atom. The number of nitrogens with one attached hydrogen (secondary N) is 1. The predicted molar refractivity (Wildman–Crippen MR) is 82.2 cm³/mol. The molecule has 104 valence electrons. The molecule has 0 amide bonds. The van der Waals surface area contributed by atoms with E-state index >= 15 is 0 Å². The van der Waals surface area contributed by atoms with Gasteiger partial charge in [-0.15, -0.1) is 0 Å². The zero-order chi connectivity index (χ0) is 13.8. The molecule has 1 aliphatic heterocycles. The lowest BCUT2D eigenvalue weighted by atomic mass is 9.92. The standard InChI is InChI=1S/C18H21NO/c1-19-17(14-7-3-2-4-8-14)12-11-15-13-20-18-10-6-5-9-16(15)18/h2-10,15,17,19H,11-13H2,1H3. The number of ether oxygens (including phenoxy) is 1. The summed E-state index contributed by atoms with van der Waals surface area (Å²) < 4.78 is 5.76. The van der Waals surface area contributed by atoms with Gasteiger partial charge in [-0.25, -0.2) is 0 Å². The maximum absolute atomic E-state index is 5.76. The topological polar surface area (TPSA) is 21.3 Å². The Labute approximate surface area is 120 Å². The molecule has 0 fully saturated rings. The van der Waals surface area contributed by atoms with E-state index in [0.29, 0.717) is 12.0 Å². The summed E-state index contributed by atoms with van der Waals surface area (Å²) in [5, 5.41) is 3.43. The SMILES string of the molecule is CNC(CCC1COc2ccccc21)c1ccccc1. The van der Waals surface area contributed by atoms with Crippen LogP contribution in [0.2, 0.25) is 0 Å². The van der Waals surface area contributed by atoms with Crippen LogP contribution in [0.15, 0.2) is 54.6 Å². The molecule has 1 aliphatic rings. The van der Waals surface area contributed by atoms with E-state index in [1.807, 2.05) is 13.1 Å². The first-order valence-electron chi connectivity index (χ1n) is 7.32. The summed E-state index contributed by atoms with van der Waals surface area (Å²) in [6.45, 7) is 0.824. The second-order valence-electron chi connectivity index (χ2n) is 5.38. The smallest absolute Gasteiger partial charge is 0.122 e. The summed E-state index contributed by atoms with van der Waals surface area (Å²) in [4.78, 5) is 0. The molecule has 0 saturated carbocycles. The third-order valence-corrected chi connectivity index (χ3v) is 4.15. The van der Waals surface area contributed by atoms with E-state index in [0.717, 1.165) is 25.2 Å². The second kappa shape index (κ2) is 6.10. The van der Waals surface area contributed by atoms with Gasteiger partial charge < -0.3 is 10.1 Å².